The minimum absolute atomic E-state index is 0.348. The Kier molecular flexibility index (Phi) is 5.70. The first-order valence-corrected chi connectivity index (χ1v) is 10.2. The minimum atomic E-state index is -3.56. The lowest BCUT2D eigenvalue weighted by molar-refractivity contribution is 0.529. The summed E-state index contributed by atoms with van der Waals surface area (Å²) < 4.78 is 36.3. The molecule has 2 aromatic rings. The summed E-state index contributed by atoms with van der Waals surface area (Å²) in [6.45, 7) is 2.00. The largest absolute Gasteiger partial charge is 0.592 e. The van der Waals surface area contributed by atoms with E-state index in [0.717, 1.165) is 22.1 Å². The fourth-order valence-electron chi connectivity index (χ4n) is 1.91. The van der Waals surface area contributed by atoms with Crippen LogP contribution in [0.25, 0.3) is 11.3 Å². The summed E-state index contributed by atoms with van der Waals surface area (Å²) in [4.78, 5) is 4.85. The molecule has 0 bridgehead atoms. The van der Waals surface area contributed by atoms with Gasteiger partial charge in [0, 0.05) is 17.3 Å². The van der Waals surface area contributed by atoms with Gasteiger partial charge < -0.3 is 4.55 Å². The third-order valence-electron chi connectivity index (χ3n) is 3.28. The van der Waals surface area contributed by atoms with Crippen LogP contribution in [0.3, 0.4) is 0 Å². The first-order chi connectivity index (χ1) is 10.7. The molecule has 0 aliphatic heterocycles. The van der Waals surface area contributed by atoms with E-state index in [1.54, 1.807) is 18.2 Å². The molecule has 124 valence electrons. The summed E-state index contributed by atoms with van der Waals surface area (Å²) in [7, 11) is -2.29. The highest BCUT2D eigenvalue weighted by molar-refractivity contribution is 8.03. The lowest BCUT2D eigenvalue weighted by Gasteiger charge is -2.18. The van der Waals surface area contributed by atoms with E-state index in [9.17, 15) is 13.0 Å². The molecule has 1 heterocycles. The van der Waals surface area contributed by atoms with Crippen LogP contribution in [0.2, 0.25) is 5.02 Å². The normalized spacial score (nSPS) is 13.3. The van der Waals surface area contributed by atoms with Crippen molar-refractivity contribution in [2.75, 3.05) is 13.3 Å². The van der Waals surface area contributed by atoms with Crippen LogP contribution < -0.4 is 0 Å². The predicted molar refractivity (Wildman–Crippen MR) is 93.1 cm³/mol. The van der Waals surface area contributed by atoms with Crippen LogP contribution in [0.1, 0.15) is 12.6 Å². The van der Waals surface area contributed by atoms with Crippen molar-refractivity contribution in [2.24, 2.45) is 0 Å². The summed E-state index contributed by atoms with van der Waals surface area (Å²) in [6.07, 6.45) is 1.79. The van der Waals surface area contributed by atoms with Crippen LogP contribution in [0.5, 0.6) is 0 Å². The Bertz CT molecular complexity index is 812. The molecule has 0 aliphatic carbocycles. The minimum Gasteiger partial charge on any atom is -0.592 e. The van der Waals surface area contributed by atoms with Gasteiger partial charge in [-0.1, -0.05) is 24.6 Å². The third kappa shape index (κ3) is 4.24. The molecule has 0 aliphatic rings. The third-order valence-corrected chi connectivity index (χ3v) is 6.89. The molecule has 0 saturated carbocycles. The van der Waals surface area contributed by atoms with Gasteiger partial charge in [0.2, 0.25) is 10.0 Å². The fourth-order valence-corrected chi connectivity index (χ4v) is 4.06. The molecule has 5 nitrogen and oxygen atoms in total. The van der Waals surface area contributed by atoms with Crippen LogP contribution >= 0.6 is 11.6 Å². The second kappa shape index (κ2) is 7.19. The number of sulfonamides is 1. The first kappa shape index (κ1) is 18.2. The molecule has 0 N–H and O–H groups in total. The molecular weight excluding hydrogens is 356 g/mol. The number of benzene rings is 1. The van der Waals surface area contributed by atoms with Crippen molar-refractivity contribution in [1.29, 1.82) is 0 Å². The molecule has 0 amide bonds. The number of aryl methyl sites for hydroxylation is 1. The van der Waals surface area contributed by atoms with E-state index in [0.29, 0.717) is 21.2 Å². The molecule has 1 aromatic heterocycles. The Hall–Kier alpha value is -1.12. The highest BCUT2D eigenvalue weighted by atomic mass is 35.5. The van der Waals surface area contributed by atoms with Crippen LogP contribution in [0.4, 0.5) is 0 Å². The van der Waals surface area contributed by atoms with E-state index in [2.05, 4.69) is 4.98 Å². The van der Waals surface area contributed by atoms with Crippen LogP contribution in [-0.4, -0.2) is 35.0 Å². The second-order valence-electron chi connectivity index (χ2n) is 4.93. The Balaban J connectivity index is 2.47. The maximum Gasteiger partial charge on any atom is 0.250 e. The van der Waals surface area contributed by atoms with Gasteiger partial charge in [0.25, 0.3) is 0 Å². The number of hydrogen-bond donors (Lipinski definition) is 0. The molecule has 8 heteroatoms. The van der Waals surface area contributed by atoms with Crippen molar-refractivity contribution in [1.82, 2.24) is 8.69 Å². The Morgan fingerprint density at radius 1 is 1.30 bits per heavy atom. The molecule has 0 saturated heterocycles. The summed E-state index contributed by atoms with van der Waals surface area (Å²) >= 11 is 4.39. The number of pyridine rings is 1. The number of aromatic nitrogens is 1. The van der Waals surface area contributed by atoms with Gasteiger partial charge in [0.1, 0.15) is 0 Å². The first-order valence-electron chi connectivity index (χ1n) is 6.85. The van der Waals surface area contributed by atoms with Crippen LogP contribution in [0, 0.1) is 0 Å². The van der Waals surface area contributed by atoms with Crippen molar-refractivity contribution < 1.29 is 13.0 Å². The van der Waals surface area contributed by atoms with Gasteiger partial charge in [-0.2, -0.15) is 0 Å². The van der Waals surface area contributed by atoms with Crippen LogP contribution in [0.15, 0.2) is 41.3 Å². The molecule has 0 spiro atoms. The SMILES string of the molecule is CCc1cccc(-c2cc([S+]([O-])N(C)S(C)(=O)=O)ccc2Cl)n1. The van der Waals surface area contributed by atoms with Gasteiger partial charge in [-0.3, -0.25) is 4.98 Å². The van der Waals surface area contributed by atoms with Crippen molar-refractivity contribution in [3.8, 4) is 11.3 Å². The molecule has 23 heavy (non-hydrogen) atoms. The molecule has 1 atom stereocenters. The van der Waals surface area contributed by atoms with Gasteiger partial charge in [-0.15, -0.1) is 0 Å². The van der Waals surface area contributed by atoms with E-state index in [4.69, 9.17) is 11.6 Å². The van der Waals surface area contributed by atoms with Gasteiger partial charge >= 0.3 is 0 Å². The predicted octanol–water partition coefficient (Wildman–Crippen LogP) is 2.88. The number of halogens is 1. The van der Waals surface area contributed by atoms with Gasteiger partial charge in [-0.25, -0.2) is 8.42 Å². The average molecular weight is 373 g/mol. The number of rotatable bonds is 5. The smallest absolute Gasteiger partial charge is 0.250 e. The zero-order valence-corrected chi connectivity index (χ0v) is 15.4. The maximum atomic E-state index is 12.4. The zero-order valence-electron chi connectivity index (χ0n) is 13.0. The monoisotopic (exact) mass is 372 g/mol. The standard InChI is InChI=1S/C15H17ClN2O3S2/c1-4-11-6-5-7-15(17-11)13-10-12(8-9-14(13)16)22(19)18(2)23(3,20)21/h5-10H,4H2,1-3H3. The highest BCUT2D eigenvalue weighted by Gasteiger charge is 2.27. The summed E-state index contributed by atoms with van der Waals surface area (Å²) in [5.41, 5.74) is 2.20. The van der Waals surface area contributed by atoms with Crippen molar-refractivity contribution in [3.05, 3.63) is 47.1 Å². The molecular formula is C15H17ClN2O3S2. The van der Waals surface area contributed by atoms with Gasteiger partial charge in [0.05, 0.1) is 35.4 Å². The Morgan fingerprint density at radius 2 is 2.00 bits per heavy atom. The number of hydrogen-bond acceptors (Lipinski definition) is 4. The molecule has 0 radical (unpaired) electrons. The zero-order chi connectivity index (χ0) is 17.2. The lowest BCUT2D eigenvalue weighted by atomic mass is 10.1. The van der Waals surface area contributed by atoms with E-state index >= 15 is 0 Å². The molecule has 1 unspecified atom stereocenters. The van der Waals surface area contributed by atoms with Gasteiger partial charge in [0.15, 0.2) is 4.90 Å². The maximum absolute atomic E-state index is 12.4. The second-order valence-corrected chi connectivity index (χ2v) is 9.10. The topological polar surface area (TPSA) is 73.3 Å². The highest BCUT2D eigenvalue weighted by Crippen LogP contribution is 2.30. The summed E-state index contributed by atoms with van der Waals surface area (Å²) in [5.74, 6) is 0. The quantitative estimate of drug-likeness (QED) is 0.756. The Morgan fingerprint density at radius 3 is 2.61 bits per heavy atom. The molecule has 1 aromatic carbocycles. The molecule has 0 fully saturated rings. The summed E-state index contributed by atoms with van der Waals surface area (Å²) in [5, 5.41) is 0.466. The summed E-state index contributed by atoms with van der Waals surface area (Å²) in [6, 6.07) is 10.4. The van der Waals surface area contributed by atoms with E-state index < -0.39 is 21.4 Å². The van der Waals surface area contributed by atoms with Crippen molar-refractivity contribution in [3.63, 3.8) is 0 Å². The van der Waals surface area contributed by atoms with E-state index in [-0.39, 0.29) is 0 Å². The van der Waals surface area contributed by atoms with Crippen molar-refractivity contribution in [2.45, 2.75) is 18.2 Å². The average Bonchev–Trinajstić information content (AvgIpc) is 2.53. The fraction of sp³-hybridized carbons (Fsp3) is 0.267. The van der Waals surface area contributed by atoms with Crippen LogP contribution in [-0.2, 0) is 27.8 Å². The Labute approximate surface area is 144 Å². The number of nitrogens with zero attached hydrogens (tertiary/aromatic N) is 2. The van der Waals surface area contributed by atoms with E-state index in [1.807, 2.05) is 25.1 Å². The van der Waals surface area contributed by atoms with E-state index in [1.165, 1.54) is 7.05 Å². The molecule has 2 rings (SSSR count). The van der Waals surface area contributed by atoms with Gasteiger partial charge in [-0.05, 0) is 34.4 Å². The van der Waals surface area contributed by atoms with Crippen molar-refractivity contribution >= 4 is 33.0 Å². The lowest BCUT2D eigenvalue weighted by Crippen LogP contribution is -2.32.